The van der Waals surface area contributed by atoms with Crippen molar-refractivity contribution in [2.75, 3.05) is 31.1 Å². The Bertz CT molecular complexity index is 794. The summed E-state index contributed by atoms with van der Waals surface area (Å²) in [6, 6.07) is 0. The topological polar surface area (TPSA) is 71.2 Å². The van der Waals surface area contributed by atoms with E-state index in [0.29, 0.717) is 11.8 Å². The predicted octanol–water partition coefficient (Wildman–Crippen LogP) is 2.06. The summed E-state index contributed by atoms with van der Waals surface area (Å²) in [5, 5.41) is 6.60. The maximum Gasteiger partial charge on any atom is 0.470 e. The average molecular weight is 368 g/mol. The van der Waals surface area contributed by atoms with Crippen LogP contribution < -0.4 is 4.90 Å². The van der Waals surface area contributed by atoms with Crippen LogP contribution in [0.1, 0.15) is 23.0 Å². The second kappa shape index (κ2) is 6.19. The number of aromatic nitrogens is 4. The molecule has 26 heavy (non-hydrogen) atoms. The molecule has 2 aromatic heterocycles. The van der Waals surface area contributed by atoms with Crippen molar-refractivity contribution in [2.24, 2.45) is 11.8 Å². The molecule has 4 rings (SSSR count). The Hall–Kier alpha value is -2.23. The zero-order chi connectivity index (χ0) is 18.5. The Balaban J connectivity index is 1.38. The minimum atomic E-state index is -4.60. The van der Waals surface area contributed by atoms with Crippen LogP contribution in [0.5, 0.6) is 0 Å². The number of anilines is 1. The minimum Gasteiger partial charge on any atom is -0.416 e. The minimum absolute atomic E-state index is 0.0106. The van der Waals surface area contributed by atoms with Crippen LogP contribution in [0.25, 0.3) is 0 Å². The van der Waals surface area contributed by atoms with Gasteiger partial charge in [0.1, 0.15) is 12.1 Å². The first-order chi connectivity index (χ1) is 12.3. The fourth-order valence-corrected chi connectivity index (χ4v) is 3.86. The Morgan fingerprint density at radius 2 is 1.77 bits per heavy atom. The summed E-state index contributed by atoms with van der Waals surface area (Å²) in [4.78, 5) is 13.0. The number of hydrogen-bond donors (Lipinski definition) is 0. The Morgan fingerprint density at radius 1 is 1.08 bits per heavy atom. The van der Waals surface area contributed by atoms with Gasteiger partial charge in [-0.3, -0.25) is 4.90 Å². The van der Waals surface area contributed by atoms with Gasteiger partial charge in [-0.15, -0.1) is 10.2 Å². The summed E-state index contributed by atoms with van der Waals surface area (Å²) in [5.41, 5.74) is 2.07. The molecule has 0 aliphatic carbocycles. The fourth-order valence-electron chi connectivity index (χ4n) is 3.86. The quantitative estimate of drug-likeness (QED) is 0.821. The molecule has 2 aliphatic heterocycles. The van der Waals surface area contributed by atoms with Crippen LogP contribution in [0.4, 0.5) is 19.0 Å². The second-order valence-corrected chi connectivity index (χ2v) is 7.03. The van der Waals surface area contributed by atoms with Gasteiger partial charge in [0.05, 0.1) is 6.54 Å². The third-order valence-corrected chi connectivity index (χ3v) is 5.24. The molecule has 0 aromatic carbocycles. The van der Waals surface area contributed by atoms with Gasteiger partial charge in [-0.1, -0.05) is 0 Å². The highest BCUT2D eigenvalue weighted by Gasteiger charge is 2.42. The number of rotatable bonds is 3. The number of aryl methyl sites for hydroxylation is 1. The zero-order valence-electron chi connectivity index (χ0n) is 14.5. The Labute approximate surface area is 148 Å². The van der Waals surface area contributed by atoms with Crippen LogP contribution in [0.15, 0.2) is 10.7 Å². The van der Waals surface area contributed by atoms with Gasteiger partial charge in [0.2, 0.25) is 5.89 Å². The van der Waals surface area contributed by atoms with Gasteiger partial charge in [0.25, 0.3) is 0 Å². The third kappa shape index (κ3) is 3.13. The fraction of sp³-hybridized carbons (Fsp3) is 0.625. The molecular weight excluding hydrogens is 349 g/mol. The highest BCUT2D eigenvalue weighted by Crippen LogP contribution is 2.35. The number of nitrogens with zero attached hydrogens (tertiary/aromatic N) is 6. The molecule has 0 saturated carbocycles. The molecule has 2 atom stereocenters. The molecule has 2 aliphatic rings. The first-order valence-corrected chi connectivity index (χ1v) is 8.46. The SMILES string of the molecule is Cc1ncnc(N2CC3CN(Cc4nnc(C(F)(F)F)o4)CC3C2)c1C. The maximum absolute atomic E-state index is 12.5. The van der Waals surface area contributed by atoms with E-state index in [1.165, 1.54) is 0 Å². The lowest BCUT2D eigenvalue weighted by Crippen LogP contribution is -2.29. The molecule has 0 radical (unpaired) electrons. The van der Waals surface area contributed by atoms with Crippen molar-refractivity contribution in [2.45, 2.75) is 26.6 Å². The molecule has 2 fully saturated rings. The van der Waals surface area contributed by atoms with Crippen molar-refractivity contribution < 1.29 is 17.6 Å². The lowest BCUT2D eigenvalue weighted by molar-refractivity contribution is -0.157. The summed E-state index contributed by atoms with van der Waals surface area (Å²) < 4.78 is 42.4. The molecule has 2 unspecified atom stereocenters. The highest BCUT2D eigenvalue weighted by atomic mass is 19.4. The standard InChI is InChI=1S/C16H19F3N6O/c1-9-10(2)20-8-21-14(9)25-5-11-3-24(4-12(11)6-25)7-13-22-23-15(26-13)16(17,18)19/h8,11-12H,3-7H2,1-2H3. The Kier molecular flexibility index (Phi) is 4.09. The maximum atomic E-state index is 12.5. The third-order valence-electron chi connectivity index (χ3n) is 5.24. The molecule has 7 nitrogen and oxygen atoms in total. The van der Waals surface area contributed by atoms with Crippen molar-refractivity contribution in [3.63, 3.8) is 0 Å². The summed E-state index contributed by atoms with van der Waals surface area (Å²) in [6.45, 7) is 7.62. The number of fused-ring (bicyclic) bond motifs is 1. The smallest absolute Gasteiger partial charge is 0.416 e. The molecule has 140 valence electrons. The van der Waals surface area contributed by atoms with Crippen LogP contribution in [-0.2, 0) is 12.7 Å². The number of alkyl halides is 3. The molecule has 10 heteroatoms. The van der Waals surface area contributed by atoms with E-state index in [4.69, 9.17) is 4.42 Å². The molecule has 0 N–H and O–H groups in total. The molecule has 2 aromatic rings. The average Bonchev–Trinajstić information content (AvgIpc) is 3.24. The largest absolute Gasteiger partial charge is 0.470 e. The lowest BCUT2D eigenvalue weighted by atomic mass is 10.0. The van der Waals surface area contributed by atoms with E-state index >= 15 is 0 Å². The van der Waals surface area contributed by atoms with Crippen LogP contribution in [-0.4, -0.2) is 51.2 Å². The van der Waals surface area contributed by atoms with Crippen LogP contribution in [0.3, 0.4) is 0 Å². The number of halogens is 3. The normalized spacial score (nSPS) is 23.7. The summed E-state index contributed by atoms with van der Waals surface area (Å²) in [6.07, 6.45) is -3.01. The van der Waals surface area contributed by atoms with Crippen molar-refractivity contribution in [3.05, 3.63) is 29.4 Å². The Morgan fingerprint density at radius 3 is 2.38 bits per heavy atom. The van der Waals surface area contributed by atoms with Crippen LogP contribution in [0, 0.1) is 25.7 Å². The van der Waals surface area contributed by atoms with Crippen molar-refractivity contribution in [1.82, 2.24) is 25.1 Å². The second-order valence-electron chi connectivity index (χ2n) is 7.03. The van der Waals surface area contributed by atoms with Crippen LogP contribution >= 0.6 is 0 Å². The van der Waals surface area contributed by atoms with Gasteiger partial charge in [0, 0.05) is 37.4 Å². The van der Waals surface area contributed by atoms with Crippen molar-refractivity contribution in [1.29, 1.82) is 0 Å². The van der Waals surface area contributed by atoms with E-state index in [0.717, 1.165) is 43.3 Å². The van der Waals surface area contributed by atoms with Crippen molar-refractivity contribution in [3.8, 4) is 0 Å². The van der Waals surface area contributed by atoms with Crippen molar-refractivity contribution >= 4 is 5.82 Å². The van der Waals surface area contributed by atoms with Gasteiger partial charge in [0.15, 0.2) is 0 Å². The monoisotopic (exact) mass is 368 g/mol. The summed E-state index contributed by atoms with van der Waals surface area (Å²) >= 11 is 0. The molecule has 0 bridgehead atoms. The molecule has 0 amide bonds. The summed E-state index contributed by atoms with van der Waals surface area (Å²) in [5.74, 6) is 0.610. The first-order valence-electron chi connectivity index (χ1n) is 8.46. The number of likely N-dealkylation sites (tertiary alicyclic amines) is 1. The van der Waals surface area contributed by atoms with E-state index in [-0.39, 0.29) is 12.4 Å². The van der Waals surface area contributed by atoms with Gasteiger partial charge >= 0.3 is 12.1 Å². The van der Waals surface area contributed by atoms with E-state index in [9.17, 15) is 13.2 Å². The number of hydrogen-bond acceptors (Lipinski definition) is 7. The van der Waals surface area contributed by atoms with E-state index in [1.54, 1.807) is 6.33 Å². The van der Waals surface area contributed by atoms with E-state index in [1.807, 2.05) is 13.8 Å². The van der Waals surface area contributed by atoms with Crippen LogP contribution in [0.2, 0.25) is 0 Å². The predicted molar refractivity (Wildman–Crippen MR) is 85.3 cm³/mol. The van der Waals surface area contributed by atoms with Gasteiger partial charge in [-0.2, -0.15) is 13.2 Å². The lowest BCUT2D eigenvalue weighted by Gasteiger charge is -2.23. The highest BCUT2D eigenvalue weighted by molar-refractivity contribution is 5.48. The molecule has 2 saturated heterocycles. The molecule has 0 spiro atoms. The first kappa shape index (κ1) is 17.2. The van der Waals surface area contributed by atoms with Gasteiger partial charge in [-0.25, -0.2) is 9.97 Å². The van der Waals surface area contributed by atoms with Gasteiger partial charge in [-0.05, 0) is 25.7 Å². The van der Waals surface area contributed by atoms with E-state index in [2.05, 4.69) is 30.0 Å². The van der Waals surface area contributed by atoms with E-state index < -0.39 is 12.1 Å². The summed E-state index contributed by atoms with van der Waals surface area (Å²) in [7, 11) is 0. The molecule has 4 heterocycles. The zero-order valence-corrected chi connectivity index (χ0v) is 14.5. The van der Waals surface area contributed by atoms with Gasteiger partial charge < -0.3 is 9.32 Å². The molecular formula is C16H19F3N6O.